The third-order valence-electron chi connectivity index (χ3n) is 3.45. The molecule has 24 heavy (non-hydrogen) atoms. The van der Waals surface area contributed by atoms with Crippen molar-refractivity contribution in [2.45, 2.75) is 13.0 Å². The van der Waals surface area contributed by atoms with Crippen LogP contribution in [0.15, 0.2) is 12.1 Å². The quantitative estimate of drug-likeness (QED) is 0.555. The van der Waals surface area contributed by atoms with E-state index in [1.807, 2.05) is 22.6 Å². The molecule has 2 amide bonds. The van der Waals surface area contributed by atoms with E-state index in [0.29, 0.717) is 20.6 Å². The number of alkyl carbamates (subject to hydrolysis) is 1. The molecule has 0 saturated heterocycles. The number of carbonyl (C=O) groups excluding carboxylic acids is 3. The van der Waals surface area contributed by atoms with Crippen molar-refractivity contribution >= 4 is 46.2 Å². The van der Waals surface area contributed by atoms with Gasteiger partial charge in [-0.15, -0.1) is 0 Å². The summed E-state index contributed by atoms with van der Waals surface area (Å²) in [6, 6.07) is 3.25. The van der Waals surface area contributed by atoms with Crippen LogP contribution in [0, 0.1) is 3.57 Å². The average Bonchev–Trinajstić information content (AvgIpc) is 2.57. The fourth-order valence-electron chi connectivity index (χ4n) is 2.27. The number of amides is 2. The maximum atomic E-state index is 12.4. The van der Waals surface area contributed by atoms with E-state index < -0.39 is 18.2 Å². The van der Waals surface area contributed by atoms with Gasteiger partial charge < -0.3 is 24.4 Å². The average molecular weight is 448 g/mol. The number of halogens is 1. The maximum absolute atomic E-state index is 12.4. The lowest BCUT2D eigenvalue weighted by atomic mass is 10.1. The molecule has 0 unspecified atom stereocenters. The lowest BCUT2D eigenvalue weighted by Crippen LogP contribution is -2.47. The van der Waals surface area contributed by atoms with Gasteiger partial charge in [-0.25, -0.2) is 9.59 Å². The van der Waals surface area contributed by atoms with Crippen molar-refractivity contribution in [1.82, 2.24) is 5.32 Å². The number of ether oxygens (including phenoxy) is 3. The fraction of sp³-hybridized carbons (Fsp3) is 0.400. The van der Waals surface area contributed by atoms with E-state index >= 15 is 0 Å². The summed E-state index contributed by atoms with van der Waals surface area (Å²) in [7, 11) is 2.55. The molecule has 1 heterocycles. The van der Waals surface area contributed by atoms with Gasteiger partial charge in [0, 0.05) is 16.7 Å². The highest BCUT2D eigenvalue weighted by Gasteiger charge is 2.33. The highest BCUT2D eigenvalue weighted by Crippen LogP contribution is 2.37. The van der Waals surface area contributed by atoms with Crippen LogP contribution in [0.1, 0.15) is 17.3 Å². The molecule has 8 nitrogen and oxygen atoms in total. The summed E-state index contributed by atoms with van der Waals surface area (Å²) < 4.78 is 15.5. The van der Waals surface area contributed by atoms with E-state index in [2.05, 4.69) is 10.1 Å². The molecule has 0 fully saturated rings. The predicted molar refractivity (Wildman–Crippen MR) is 93.3 cm³/mol. The molecule has 0 aromatic heterocycles. The van der Waals surface area contributed by atoms with Crippen LogP contribution in [0.5, 0.6) is 5.75 Å². The zero-order chi connectivity index (χ0) is 17.9. The van der Waals surface area contributed by atoms with Crippen molar-refractivity contribution < 1.29 is 28.6 Å². The number of nitrogens with one attached hydrogen (secondary N) is 1. The summed E-state index contributed by atoms with van der Waals surface area (Å²) in [4.78, 5) is 36.9. The first-order chi connectivity index (χ1) is 11.4. The molecule has 0 spiro atoms. The van der Waals surface area contributed by atoms with Gasteiger partial charge in [0.15, 0.2) is 6.10 Å². The first kappa shape index (κ1) is 18.3. The topological polar surface area (TPSA) is 94.2 Å². The zero-order valence-electron chi connectivity index (χ0n) is 13.4. The van der Waals surface area contributed by atoms with Crippen LogP contribution in [-0.4, -0.2) is 51.4 Å². The lowest BCUT2D eigenvalue weighted by Gasteiger charge is -2.33. The normalized spacial score (nSPS) is 16.1. The Balaban J connectivity index is 2.33. The standard InChI is InChI=1S/C15H17IN2O6/c1-8-13(19)18(5-4-17-15(21)23-3)11-6-9(14(20)22-2)10(16)7-12(11)24-8/h6-8H,4-5H2,1-3H3,(H,17,21)/t8-/m1/s1. The number of esters is 1. The van der Waals surface area contributed by atoms with Gasteiger partial charge in [0.25, 0.3) is 5.91 Å². The summed E-state index contributed by atoms with van der Waals surface area (Å²) in [5.41, 5.74) is 0.805. The smallest absolute Gasteiger partial charge is 0.406 e. The zero-order valence-corrected chi connectivity index (χ0v) is 15.6. The SMILES string of the molecule is COC(=O)NCCN1C(=O)[C@@H](C)Oc2cc(I)c(C(=O)OC)cc21. The van der Waals surface area contributed by atoms with E-state index in [1.54, 1.807) is 19.1 Å². The molecular formula is C15H17IN2O6. The second kappa shape index (κ2) is 7.69. The number of fused-ring (bicyclic) bond motifs is 1. The van der Waals surface area contributed by atoms with Gasteiger partial charge in [-0.2, -0.15) is 0 Å². The molecule has 2 rings (SSSR count). The van der Waals surface area contributed by atoms with Gasteiger partial charge in [0.2, 0.25) is 0 Å². The van der Waals surface area contributed by atoms with Crippen molar-refractivity contribution in [3.63, 3.8) is 0 Å². The highest BCUT2D eigenvalue weighted by molar-refractivity contribution is 14.1. The van der Waals surface area contributed by atoms with Gasteiger partial charge in [-0.05, 0) is 41.6 Å². The molecule has 1 N–H and O–H groups in total. The predicted octanol–water partition coefficient (Wildman–Crippen LogP) is 1.55. The van der Waals surface area contributed by atoms with Crippen LogP contribution in [-0.2, 0) is 14.3 Å². The number of hydrogen-bond donors (Lipinski definition) is 1. The number of anilines is 1. The molecule has 9 heteroatoms. The van der Waals surface area contributed by atoms with Crippen molar-refractivity contribution in [3.8, 4) is 5.75 Å². The van der Waals surface area contributed by atoms with Gasteiger partial charge in [-0.1, -0.05) is 0 Å². The Morgan fingerprint density at radius 2 is 2.04 bits per heavy atom. The summed E-state index contributed by atoms with van der Waals surface area (Å²) >= 11 is 2.01. The number of benzene rings is 1. The minimum Gasteiger partial charge on any atom is -0.479 e. The molecule has 1 aliphatic rings. The first-order valence-electron chi connectivity index (χ1n) is 7.10. The van der Waals surface area contributed by atoms with Gasteiger partial charge in [0.1, 0.15) is 5.75 Å². The Morgan fingerprint density at radius 1 is 1.33 bits per heavy atom. The molecule has 1 aromatic rings. The minimum absolute atomic E-state index is 0.199. The minimum atomic E-state index is -0.657. The highest BCUT2D eigenvalue weighted by atomic mass is 127. The largest absolute Gasteiger partial charge is 0.479 e. The van der Waals surface area contributed by atoms with Crippen LogP contribution in [0.3, 0.4) is 0 Å². The van der Waals surface area contributed by atoms with Crippen LogP contribution >= 0.6 is 22.6 Å². The van der Waals surface area contributed by atoms with Crippen LogP contribution < -0.4 is 15.0 Å². The van der Waals surface area contributed by atoms with Crippen molar-refractivity contribution in [2.24, 2.45) is 0 Å². The Hall–Kier alpha value is -2.04. The van der Waals surface area contributed by atoms with E-state index in [0.717, 1.165) is 0 Å². The summed E-state index contributed by atoms with van der Waals surface area (Å²) in [5, 5.41) is 2.52. The Kier molecular flexibility index (Phi) is 5.86. The number of carbonyl (C=O) groups is 3. The third kappa shape index (κ3) is 3.71. The van der Waals surface area contributed by atoms with Crippen LogP contribution in [0.4, 0.5) is 10.5 Å². The van der Waals surface area contributed by atoms with Gasteiger partial charge >= 0.3 is 12.1 Å². The number of methoxy groups -OCH3 is 2. The number of rotatable bonds is 4. The van der Waals surface area contributed by atoms with Crippen molar-refractivity contribution in [1.29, 1.82) is 0 Å². The van der Waals surface area contributed by atoms with Crippen molar-refractivity contribution in [2.75, 3.05) is 32.2 Å². The van der Waals surface area contributed by atoms with Gasteiger partial charge in [0.05, 0.1) is 25.5 Å². The molecule has 0 bridgehead atoms. The van der Waals surface area contributed by atoms with E-state index in [4.69, 9.17) is 9.47 Å². The first-order valence-corrected chi connectivity index (χ1v) is 8.18. The van der Waals surface area contributed by atoms with Crippen LogP contribution in [0.2, 0.25) is 0 Å². The Morgan fingerprint density at radius 3 is 2.67 bits per heavy atom. The van der Waals surface area contributed by atoms with Crippen LogP contribution in [0.25, 0.3) is 0 Å². The maximum Gasteiger partial charge on any atom is 0.406 e. The molecule has 130 valence electrons. The van der Waals surface area contributed by atoms with E-state index in [-0.39, 0.29) is 19.0 Å². The third-order valence-corrected chi connectivity index (χ3v) is 4.34. The molecular weight excluding hydrogens is 431 g/mol. The molecule has 0 saturated carbocycles. The Bertz CT molecular complexity index is 678. The van der Waals surface area contributed by atoms with E-state index in [1.165, 1.54) is 19.1 Å². The lowest BCUT2D eigenvalue weighted by molar-refractivity contribution is -0.125. The molecule has 0 radical (unpaired) electrons. The summed E-state index contributed by atoms with van der Waals surface area (Å²) in [6.07, 6.45) is -1.24. The van der Waals surface area contributed by atoms with Crippen molar-refractivity contribution in [3.05, 3.63) is 21.3 Å². The molecule has 0 aliphatic carbocycles. The Labute approximate surface area is 152 Å². The monoisotopic (exact) mass is 448 g/mol. The number of hydrogen-bond acceptors (Lipinski definition) is 6. The summed E-state index contributed by atoms with van der Waals surface area (Å²) in [6.45, 7) is 2.06. The second-order valence-corrected chi connectivity index (χ2v) is 6.12. The molecule has 1 aliphatic heterocycles. The molecule has 1 aromatic carbocycles. The second-order valence-electron chi connectivity index (χ2n) is 4.96. The summed E-state index contributed by atoms with van der Waals surface area (Å²) in [5.74, 6) is -0.260. The number of nitrogens with zero attached hydrogens (tertiary/aromatic N) is 1. The van der Waals surface area contributed by atoms with E-state index in [9.17, 15) is 14.4 Å². The fourth-order valence-corrected chi connectivity index (χ4v) is 2.93. The molecule has 1 atom stereocenters. The van der Waals surface area contributed by atoms with Gasteiger partial charge in [-0.3, -0.25) is 4.79 Å².